The Balaban J connectivity index is 1.34. The molecular formula is C31H25ClN4O3. The number of H-pyrrole nitrogens is 1. The minimum absolute atomic E-state index is 0.103. The zero-order valence-electron chi connectivity index (χ0n) is 21.2. The summed E-state index contributed by atoms with van der Waals surface area (Å²) < 4.78 is 11.3. The van der Waals surface area contributed by atoms with Crippen LogP contribution in [0.15, 0.2) is 97.3 Å². The molecule has 0 spiro atoms. The number of hydrogen-bond donors (Lipinski definition) is 1. The van der Waals surface area contributed by atoms with E-state index in [1.807, 2.05) is 89.8 Å². The molecule has 194 valence electrons. The summed E-state index contributed by atoms with van der Waals surface area (Å²) in [7, 11) is 1.63. The molecule has 1 aliphatic heterocycles. The van der Waals surface area contributed by atoms with E-state index in [1.165, 1.54) is 0 Å². The van der Waals surface area contributed by atoms with E-state index in [9.17, 15) is 4.79 Å². The van der Waals surface area contributed by atoms with Gasteiger partial charge in [-0.15, -0.1) is 0 Å². The van der Waals surface area contributed by atoms with Crippen molar-refractivity contribution in [1.82, 2.24) is 20.1 Å². The van der Waals surface area contributed by atoms with Crippen LogP contribution < -0.4 is 9.47 Å². The summed E-state index contributed by atoms with van der Waals surface area (Å²) in [6.07, 6.45) is 3.51. The van der Waals surface area contributed by atoms with Gasteiger partial charge in [-0.25, -0.2) is 0 Å². The highest BCUT2D eigenvalue weighted by Crippen LogP contribution is 2.44. The second kappa shape index (κ2) is 10.6. The number of carbonyl (C=O) groups excluding carboxylic acids is 1. The molecule has 5 aromatic rings. The Morgan fingerprint density at radius 1 is 0.923 bits per heavy atom. The normalized spacial score (nSPS) is 14.4. The predicted octanol–water partition coefficient (Wildman–Crippen LogP) is 6.46. The molecule has 1 amide bonds. The number of halogens is 1. The van der Waals surface area contributed by atoms with Gasteiger partial charge in [-0.1, -0.05) is 41.9 Å². The van der Waals surface area contributed by atoms with Crippen LogP contribution in [0.25, 0.3) is 11.3 Å². The number of pyridine rings is 1. The fraction of sp³-hybridized carbons (Fsp3) is 0.129. The second-order valence-electron chi connectivity index (χ2n) is 9.27. The van der Waals surface area contributed by atoms with Crippen LogP contribution in [0.2, 0.25) is 5.02 Å². The lowest BCUT2D eigenvalue weighted by atomic mass is 9.96. The number of amides is 1. The van der Waals surface area contributed by atoms with Crippen molar-refractivity contribution in [3.8, 4) is 22.8 Å². The average Bonchev–Trinajstić information content (AvgIpc) is 3.52. The van der Waals surface area contributed by atoms with Crippen LogP contribution in [-0.4, -0.2) is 33.1 Å². The molecule has 0 saturated carbocycles. The standard InChI is InChI=1S/C31H25ClN4O3/c1-38-25-12-6-22(7-13-25)28-27-29(35-34-28)31(37)36(18-21-3-2-16-33-17-21)30(27)23-8-14-26(15-9-23)39-19-20-4-10-24(32)11-5-20/h2-17,30H,18-19H2,1H3,(H,34,35). The number of fused-ring (bicyclic) bond motifs is 1. The molecule has 0 radical (unpaired) electrons. The van der Waals surface area contributed by atoms with E-state index in [2.05, 4.69) is 15.2 Å². The SMILES string of the molecule is COc1ccc(-c2n[nH]c3c2C(c2ccc(OCc4ccc(Cl)cc4)cc2)N(Cc2cccnc2)C3=O)cc1. The Hall–Kier alpha value is -4.62. The first-order chi connectivity index (χ1) is 19.1. The van der Waals surface area contributed by atoms with E-state index in [-0.39, 0.29) is 11.9 Å². The van der Waals surface area contributed by atoms with Crippen molar-refractivity contribution in [3.05, 3.63) is 130 Å². The number of ether oxygens (including phenoxy) is 2. The molecule has 0 fully saturated rings. The van der Waals surface area contributed by atoms with Crippen molar-refractivity contribution in [2.24, 2.45) is 0 Å². The Labute approximate surface area is 231 Å². The van der Waals surface area contributed by atoms with Gasteiger partial charge in [0, 0.05) is 35.1 Å². The van der Waals surface area contributed by atoms with Gasteiger partial charge in [0.15, 0.2) is 0 Å². The number of nitrogens with zero attached hydrogens (tertiary/aromatic N) is 3. The lowest BCUT2D eigenvalue weighted by Crippen LogP contribution is -2.29. The number of aromatic amines is 1. The summed E-state index contributed by atoms with van der Waals surface area (Å²) in [6, 6.07) is 26.7. The van der Waals surface area contributed by atoms with Crippen LogP contribution in [0.5, 0.6) is 11.5 Å². The summed E-state index contributed by atoms with van der Waals surface area (Å²) in [5.41, 5.74) is 5.92. The monoisotopic (exact) mass is 536 g/mol. The lowest BCUT2D eigenvalue weighted by Gasteiger charge is -2.26. The zero-order valence-corrected chi connectivity index (χ0v) is 21.9. The molecule has 3 heterocycles. The summed E-state index contributed by atoms with van der Waals surface area (Å²) in [6.45, 7) is 0.843. The number of rotatable bonds is 8. The molecule has 0 saturated heterocycles. The third kappa shape index (κ3) is 4.96. The van der Waals surface area contributed by atoms with Crippen LogP contribution in [-0.2, 0) is 13.2 Å². The first kappa shape index (κ1) is 24.7. The summed E-state index contributed by atoms with van der Waals surface area (Å²) >= 11 is 5.99. The smallest absolute Gasteiger partial charge is 0.273 e. The van der Waals surface area contributed by atoms with Gasteiger partial charge in [-0.3, -0.25) is 14.9 Å². The molecule has 0 aliphatic carbocycles. The van der Waals surface area contributed by atoms with E-state index < -0.39 is 0 Å². The van der Waals surface area contributed by atoms with E-state index in [0.29, 0.717) is 23.9 Å². The quantitative estimate of drug-likeness (QED) is 0.246. The van der Waals surface area contributed by atoms with Gasteiger partial charge in [0.1, 0.15) is 23.8 Å². The van der Waals surface area contributed by atoms with E-state index in [1.54, 1.807) is 19.5 Å². The lowest BCUT2D eigenvalue weighted by molar-refractivity contribution is 0.0730. The Kier molecular flexibility index (Phi) is 6.73. The van der Waals surface area contributed by atoms with Gasteiger partial charge in [0.25, 0.3) is 5.91 Å². The average molecular weight is 537 g/mol. The van der Waals surface area contributed by atoms with Crippen LogP contribution >= 0.6 is 11.6 Å². The molecule has 6 rings (SSSR count). The van der Waals surface area contributed by atoms with E-state index in [0.717, 1.165) is 45.0 Å². The number of carbonyl (C=O) groups is 1. The van der Waals surface area contributed by atoms with Crippen molar-refractivity contribution >= 4 is 17.5 Å². The first-order valence-electron chi connectivity index (χ1n) is 12.5. The Morgan fingerprint density at radius 2 is 1.67 bits per heavy atom. The molecule has 2 aromatic heterocycles. The molecule has 1 aliphatic rings. The minimum Gasteiger partial charge on any atom is -0.497 e. The summed E-state index contributed by atoms with van der Waals surface area (Å²) in [5.74, 6) is 1.39. The molecule has 7 nitrogen and oxygen atoms in total. The van der Waals surface area contributed by atoms with Gasteiger partial charge in [-0.2, -0.15) is 5.10 Å². The third-order valence-electron chi connectivity index (χ3n) is 6.82. The fourth-order valence-electron chi connectivity index (χ4n) is 4.86. The van der Waals surface area contributed by atoms with Crippen LogP contribution in [0.4, 0.5) is 0 Å². The number of hydrogen-bond acceptors (Lipinski definition) is 5. The van der Waals surface area contributed by atoms with Gasteiger partial charge >= 0.3 is 0 Å². The number of benzene rings is 3. The minimum atomic E-state index is -0.339. The molecule has 1 unspecified atom stereocenters. The van der Waals surface area contributed by atoms with Gasteiger partial charge in [0.2, 0.25) is 0 Å². The highest BCUT2D eigenvalue weighted by atomic mass is 35.5. The summed E-state index contributed by atoms with van der Waals surface area (Å²) in [4.78, 5) is 19.8. The highest BCUT2D eigenvalue weighted by Gasteiger charge is 2.42. The topological polar surface area (TPSA) is 80.3 Å². The summed E-state index contributed by atoms with van der Waals surface area (Å²) in [5, 5.41) is 8.26. The van der Waals surface area contributed by atoms with Gasteiger partial charge < -0.3 is 14.4 Å². The van der Waals surface area contributed by atoms with E-state index >= 15 is 0 Å². The zero-order chi connectivity index (χ0) is 26.8. The van der Waals surface area contributed by atoms with Crippen molar-refractivity contribution in [1.29, 1.82) is 0 Å². The first-order valence-corrected chi connectivity index (χ1v) is 12.9. The maximum Gasteiger partial charge on any atom is 0.273 e. The van der Waals surface area contributed by atoms with Crippen LogP contribution in [0.1, 0.15) is 38.8 Å². The maximum atomic E-state index is 13.7. The van der Waals surface area contributed by atoms with Crippen LogP contribution in [0, 0.1) is 0 Å². The van der Waals surface area contributed by atoms with Crippen molar-refractivity contribution in [2.75, 3.05) is 7.11 Å². The molecule has 1 atom stereocenters. The molecule has 8 heteroatoms. The Morgan fingerprint density at radius 3 is 2.36 bits per heavy atom. The molecule has 0 bridgehead atoms. The second-order valence-corrected chi connectivity index (χ2v) is 9.71. The largest absolute Gasteiger partial charge is 0.497 e. The van der Waals surface area contributed by atoms with Crippen molar-refractivity contribution < 1.29 is 14.3 Å². The predicted molar refractivity (Wildman–Crippen MR) is 149 cm³/mol. The highest BCUT2D eigenvalue weighted by molar-refractivity contribution is 6.30. The van der Waals surface area contributed by atoms with Crippen molar-refractivity contribution in [3.63, 3.8) is 0 Å². The number of methoxy groups -OCH3 is 1. The van der Waals surface area contributed by atoms with Gasteiger partial charge in [0.05, 0.1) is 18.8 Å². The van der Waals surface area contributed by atoms with Gasteiger partial charge in [-0.05, 0) is 71.3 Å². The molecule has 3 aromatic carbocycles. The number of aromatic nitrogens is 3. The third-order valence-corrected chi connectivity index (χ3v) is 7.07. The van der Waals surface area contributed by atoms with Crippen molar-refractivity contribution in [2.45, 2.75) is 19.2 Å². The Bertz CT molecular complexity index is 1580. The fourth-order valence-corrected chi connectivity index (χ4v) is 4.98. The number of nitrogens with one attached hydrogen (secondary N) is 1. The van der Waals surface area contributed by atoms with E-state index in [4.69, 9.17) is 21.1 Å². The molecule has 1 N–H and O–H groups in total. The molecular weight excluding hydrogens is 512 g/mol. The molecule has 39 heavy (non-hydrogen) atoms. The van der Waals surface area contributed by atoms with Crippen LogP contribution in [0.3, 0.4) is 0 Å². The maximum absolute atomic E-state index is 13.7.